The van der Waals surface area contributed by atoms with Crippen LogP contribution in [0, 0.1) is 0 Å². The lowest BCUT2D eigenvalue weighted by molar-refractivity contribution is -0.122. The van der Waals surface area contributed by atoms with Crippen molar-refractivity contribution in [2.75, 3.05) is 5.73 Å². The van der Waals surface area contributed by atoms with Gasteiger partial charge in [0.2, 0.25) is 5.91 Å². The molecule has 0 aromatic carbocycles. The van der Waals surface area contributed by atoms with E-state index in [9.17, 15) is 9.59 Å². The summed E-state index contributed by atoms with van der Waals surface area (Å²) in [7, 11) is 0. The molecule has 0 saturated heterocycles. The maximum Gasteiger partial charge on any atom is 0.253 e. The first-order valence-corrected chi connectivity index (χ1v) is 6.37. The van der Waals surface area contributed by atoms with Gasteiger partial charge in [-0.25, -0.2) is 4.98 Å². The lowest BCUT2D eigenvalue weighted by atomic mass is 10.2. The monoisotopic (exact) mass is 282 g/mol. The van der Waals surface area contributed by atoms with Gasteiger partial charge in [-0.3, -0.25) is 9.59 Å². The van der Waals surface area contributed by atoms with E-state index in [1.807, 2.05) is 0 Å². The summed E-state index contributed by atoms with van der Waals surface area (Å²) in [6.45, 7) is 1.62. The SMILES string of the molecule is CC(NC(=O)c1cc(N)ncc1Cl)C(=O)NC1CC1. The highest BCUT2D eigenvalue weighted by Crippen LogP contribution is 2.19. The van der Waals surface area contributed by atoms with Crippen LogP contribution in [0.15, 0.2) is 12.3 Å². The second kappa shape index (κ2) is 5.44. The lowest BCUT2D eigenvalue weighted by Gasteiger charge is -2.14. The van der Waals surface area contributed by atoms with Crippen molar-refractivity contribution in [3.8, 4) is 0 Å². The minimum Gasteiger partial charge on any atom is -0.384 e. The number of nitrogen functional groups attached to an aromatic ring is 1. The number of nitrogens with one attached hydrogen (secondary N) is 2. The van der Waals surface area contributed by atoms with E-state index in [0.717, 1.165) is 12.8 Å². The molecule has 1 aliphatic carbocycles. The second-order valence-corrected chi connectivity index (χ2v) is 4.97. The van der Waals surface area contributed by atoms with E-state index in [1.54, 1.807) is 6.92 Å². The van der Waals surface area contributed by atoms with Crippen LogP contribution in [-0.4, -0.2) is 28.9 Å². The Bertz CT molecular complexity index is 516. The van der Waals surface area contributed by atoms with Crippen molar-refractivity contribution >= 4 is 29.2 Å². The first-order valence-electron chi connectivity index (χ1n) is 5.99. The number of amides is 2. The highest BCUT2D eigenvalue weighted by Gasteiger charge is 2.26. The number of pyridine rings is 1. The highest BCUT2D eigenvalue weighted by molar-refractivity contribution is 6.33. The van der Waals surface area contributed by atoms with Crippen LogP contribution in [0.3, 0.4) is 0 Å². The topological polar surface area (TPSA) is 97.1 Å². The van der Waals surface area contributed by atoms with E-state index in [1.165, 1.54) is 12.3 Å². The summed E-state index contributed by atoms with van der Waals surface area (Å²) in [5.74, 6) is -0.448. The molecule has 1 heterocycles. The number of nitrogens with two attached hydrogens (primary N) is 1. The third-order valence-corrected chi connectivity index (χ3v) is 3.09. The van der Waals surface area contributed by atoms with Crippen molar-refractivity contribution in [3.63, 3.8) is 0 Å². The smallest absolute Gasteiger partial charge is 0.253 e. The van der Waals surface area contributed by atoms with Gasteiger partial charge in [-0.15, -0.1) is 0 Å². The van der Waals surface area contributed by atoms with Gasteiger partial charge >= 0.3 is 0 Å². The van der Waals surface area contributed by atoms with Crippen molar-refractivity contribution in [1.82, 2.24) is 15.6 Å². The van der Waals surface area contributed by atoms with Crippen LogP contribution in [0.4, 0.5) is 5.82 Å². The van der Waals surface area contributed by atoms with Crippen LogP contribution in [0.2, 0.25) is 5.02 Å². The first-order chi connectivity index (χ1) is 8.97. The summed E-state index contributed by atoms with van der Waals surface area (Å²) in [5, 5.41) is 5.59. The lowest BCUT2D eigenvalue weighted by Crippen LogP contribution is -2.45. The zero-order chi connectivity index (χ0) is 14.0. The quantitative estimate of drug-likeness (QED) is 0.758. The predicted octanol–water partition coefficient (Wildman–Crippen LogP) is 0.714. The van der Waals surface area contributed by atoms with Crippen LogP contribution < -0.4 is 16.4 Å². The molecule has 2 amide bonds. The largest absolute Gasteiger partial charge is 0.384 e. The molecule has 7 heteroatoms. The first kappa shape index (κ1) is 13.6. The molecule has 6 nitrogen and oxygen atoms in total. The molecule has 4 N–H and O–H groups in total. The Balaban J connectivity index is 1.99. The number of nitrogens with zero attached hydrogens (tertiary/aromatic N) is 1. The van der Waals surface area contributed by atoms with Gasteiger partial charge < -0.3 is 16.4 Å². The fourth-order valence-corrected chi connectivity index (χ4v) is 1.71. The average Bonchev–Trinajstić information content (AvgIpc) is 3.15. The van der Waals surface area contributed by atoms with Gasteiger partial charge in [-0.1, -0.05) is 11.6 Å². The molecule has 1 aromatic rings. The number of hydrogen-bond donors (Lipinski definition) is 3. The van der Waals surface area contributed by atoms with Crippen LogP contribution in [-0.2, 0) is 4.79 Å². The molecule has 102 valence electrons. The van der Waals surface area contributed by atoms with Crippen LogP contribution in [0.25, 0.3) is 0 Å². The molecule has 19 heavy (non-hydrogen) atoms. The number of carbonyl (C=O) groups excluding carboxylic acids is 2. The molecule has 0 radical (unpaired) electrons. The Hall–Kier alpha value is -1.82. The summed E-state index contributed by atoms with van der Waals surface area (Å²) in [5.41, 5.74) is 5.71. The van der Waals surface area contributed by atoms with Gasteiger partial charge in [0.25, 0.3) is 5.91 Å². The van der Waals surface area contributed by atoms with Gasteiger partial charge in [0, 0.05) is 12.2 Å². The average molecular weight is 283 g/mol. The van der Waals surface area contributed by atoms with Crippen molar-refractivity contribution < 1.29 is 9.59 Å². The summed E-state index contributed by atoms with van der Waals surface area (Å²) >= 11 is 5.87. The van der Waals surface area contributed by atoms with Crippen LogP contribution in [0.1, 0.15) is 30.1 Å². The molecular formula is C12H15ClN4O2. The van der Waals surface area contributed by atoms with Crippen LogP contribution >= 0.6 is 11.6 Å². The minimum atomic E-state index is -0.626. The Morgan fingerprint density at radius 1 is 1.53 bits per heavy atom. The minimum absolute atomic E-state index is 0.196. The molecule has 1 saturated carbocycles. The molecule has 0 bridgehead atoms. The molecule has 2 rings (SSSR count). The Morgan fingerprint density at radius 3 is 2.84 bits per heavy atom. The van der Waals surface area contributed by atoms with E-state index in [4.69, 9.17) is 17.3 Å². The zero-order valence-electron chi connectivity index (χ0n) is 10.4. The van der Waals surface area contributed by atoms with E-state index < -0.39 is 11.9 Å². The van der Waals surface area contributed by atoms with Gasteiger partial charge in [-0.05, 0) is 25.8 Å². The van der Waals surface area contributed by atoms with Crippen molar-refractivity contribution in [3.05, 3.63) is 22.8 Å². The number of aromatic nitrogens is 1. The third-order valence-electron chi connectivity index (χ3n) is 2.79. The summed E-state index contributed by atoms with van der Waals surface area (Å²) in [4.78, 5) is 27.5. The fourth-order valence-electron chi connectivity index (χ4n) is 1.52. The number of halogens is 1. The summed E-state index contributed by atoms with van der Waals surface area (Å²) in [6.07, 6.45) is 3.30. The molecule has 0 aliphatic heterocycles. The number of carbonyl (C=O) groups is 2. The van der Waals surface area contributed by atoms with Crippen molar-refractivity contribution in [1.29, 1.82) is 0 Å². The summed E-state index contributed by atoms with van der Waals surface area (Å²) in [6, 6.07) is 1.01. The number of anilines is 1. The Kier molecular flexibility index (Phi) is 3.90. The maximum atomic E-state index is 12.0. The molecule has 1 fully saturated rings. The highest BCUT2D eigenvalue weighted by atomic mass is 35.5. The van der Waals surface area contributed by atoms with Crippen molar-refractivity contribution in [2.45, 2.75) is 31.8 Å². The predicted molar refractivity (Wildman–Crippen MR) is 71.8 cm³/mol. The van der Waals surface area contributed by atoms with Crippen LogP contribution in [0.5, 0.6) is 0 Å². The molecule has 1 aromatic heterocycles. The van der Waals surface area contributed by atoms with E-state index in [2.05, 4.69) is 15.6 Å². The summed E-state index contributed by atoms with van der Waals surface area (Å²) < 4.78 is 0. The van der Waals surface area contributed by atoms with Crippen molar-refractivity contribution in [2.24, 2.45) is 0 Å². The molecule has 0 spiro atoms. The molecule has 1 unspecified atom stereocenters. The molecule has 1 atom stereocenters. The van der Waals surface area contributed by atoms with Gasteiger partial charge in [0.1, 0.15) is 11.9 Å². The van der Waals surface area contributed by atoms with Gasteiger partial charge in [-0.2, -0.15) is 0 Å². The normalized spacial score (nSPS) is 15.7. The second-order valence-electron chi connectivity index (χ2n) is 4.57. The molecule has 1 aliphatic rings. The fraction of sp³-hybridized carbons (Fsp3) is 0.417. The number of rotatable bonds is 4. The standard InChI is InChI=1S/C12H15ClN4O2/c1-6(11(18)17-7-2-3-7)16-12(19)8-4-10(14)15-5-9(8)13/h4-7H,2-3H2,1H3,(H2,14,15)(H,16,19)(H,17,18). The Morgan fingerprint density at radius 2 is 2.21 bits per heavy atom. The van der Waals surface area contributed by atoms with E-state index in [0.29, 0.717) is 0 Å². The number of hydrogen-bond acceptors (Lipinski definition) is 4. The van der Waals surface area contributed by atoms with Gasteiger partial charge in [0.15, 0.2) is 0 Å². The molecular weight excluding hydrogens is 268 g/mol. The third kappa shape index (κ3) is 3.57. The van der Waals surface area contributed by atoms with Gasteiger partial charge in [0.05, 0.1) is 10.6 Å². The zero-order valence-corrected chi connectivity index (χ0v) is 11.2. The van der Waals surface area contributed by atoms with E-state index in [-0.39, 0.29) is 28.4 Å². The maximum absolute atomic E-state index is 12.0. The van der Waals surface area contributed by atoms with E-state index >= 15 is 0 Å². The Labute approximate surface area is 115 Å².